The molecule has 4 aromatic rings. The largest absolute Gasteiger partial charge is 0.497 e. The minimum Gasteiger partial charge on any atom is -0.497 e. The molecule has 0 bridgehead atoms. The van der Waals surface area contributed by atoms with E-state index in [1.165, 1.54) is 11.3 Å². The van der Waals surface area contributed by atoms with Gasteiger partial charge in [0.15, 0.2) is 5.13 Å². The second-order valence-corrected chi connectivity index (χ2v) is 8.29. The summed E-state index contributed by atoms with van der Waals surface area (Å²) in [6.45, 7) is 4.51. The first-order valence-corrected chi connectivity index (χ1v) is 10.8. The van der Waals surface area contributed by atoms with Gasteiger partial charge in [-0.2, -0.15) is 0 Å². The molecule has 0 saturated heterocycles. The number of ether oxygens (including phenoxy) is 2. The van der Waals surface area contributed by atoms with Crippen LogP contribution in [0.25, 0.3) is 10.2 Å². The standard InChI is InChI=1S/C25H24N2O3S/c1-16-10-11-17(2)23-22(16)26-25(31-23)27(15-18-8-6-5-7-9-18)24(28)20-14-19(29-3)12-13-21(20)30-4/h5-14H,15H2,1-4H3. The number of fused-ring (bicyclic) bond motifs is 1. The Morgan fingerprint density at radius 3 is 2.39 bits per heavy atom. The second kappa shape index (κ2) is 8.78. The highest BCUT2D eigenvalue weighted by Crippen LogP contribution is 2.35. The van der Waals surface area contributed by atoms with Gasteiger partial charge in [-0.05, 0) is 48.7 Å². The first-order valence-electron chi connectivity index (χ1n) is 9.96. The molecule has 3 aromatic carbocycles. The van der Waals surface area contributed by atoms with Gasteiger partial charge in [-0.25, -0.2) is 4.98 Å². The van der Waals surface area contributed by atoms with Gasteiger partial charge >= 0.3 is 0 Å². The van der Waals surface area contributed by atoms with E-state index in [0.29, 0.717) is 28.7 Å². The highest BCUT2D eigenvalue weighted by molar-refractivity contribution is 7.22. The number of aryl methyl sites for hydroxylation is 2. The van der Waals surface area contributed by atoms with Crippen molar-refractivity contribution in [2.24, 2.45) is 0 Å². The summed E-state index contributed by atoms with van der Waals surface area (Å²) in [5.41, 5.74) is 4.63. The van der Waals surface area contributed by atoms with Gasteiger partial charge in [0.2, 0.25) is 0 Å². The maximum atomic E-state index is 13.8. The molecule has 0 atom stereocenters. The van der Waals surface area contributed by atoms with Crippen molar-refractivity contribution in [3.05, 3.63) is 82.9 Å². The topological polar surface area (TPSA) is 51.7 Å². The summed E-state index contributed by atoms with van der Waals surface area (Å²) in [4.78, 5) is 20.4. The number of aromatic nitrogens is 1. The molecule has 0 N–H and O–H groups in total. The third-order valence-electron chi connectivity index (χ3n) is 5.23. The van der Waals surface area contributed by atoms with E-state index in [1.807, 2.05) is 37.3 Å². The molecule has 4 rings (SSSR count). The second-order valence-electron chi connectivity index (χ2n) is 7.32. The lowest BCUT2D eigenvalue weighted by atomic mass is 10.1. The third kappa shape index (κ3) is 4.11. The zero-order valence-electron chi connectivity index (χ0n) is 18.0. The molecule has 0 aliphatic heterocycles. The van der Waals surface area contributed by atoms with Crippen molar-refractivity contribution in [2.75, 3.05) is 19.1 Å². The van der Waals surface area contributed by atoms with Crippen LogP contribution in [-0.4, -0.2) is 25.1 Å². The Hall–Kier alpha value is -3.38. The molecule has 0 aliphatic rings. The van der Waals surface area contributed by atoms with Gasteiger partial charge in [0, 0.05) is 0 Å². The molecule has 6 heteroatoms. The molecule has 0 fully saturated rings. The van der Waals surface area contributed by atoms with Crippen molar-refractivity contribution < 1.29 is 14.3 Å². The summed E-state index contributed by atoms with van der Waals surface area (Å²) in [6.07, 6.45) is 0. The summed E-state index contributed by atoms with van der Waals surface area (Å²) >= 11 is 1.53. The van der Waals surface area contributed by atoms with Crippen LogP contribution in [0.4, 0.5) is 5.13 Å². The normalized spacial score (nSPS) is 10.8. The summed E-state index contributed by atoms with van der Waals surface area (Å²) in [5.74, 6) is 0.908. The first kappa shape index (κ1) is 20.9. The first-order chi connectivity index (χ1) is 15.0. The van der Waals surface area contributed by atoms with Gasteiger partial charge in [-0.3, -0.25) is 9.69 Å². The van der Waals surface area contributed by atoms with Crippen LogP contribution in [-0.2, 0) is 6.54 Å². The highest BCUT2D eigenvalue weighted by atomic mass is 32.1. The van der Waals surface area contributed by atoms with Gasteiger partial charge in [0.05, 0.1) is 36.5 Å². The van der Waals surface area contributed by atoms with Crippen molar-refractivity contribution in [1.82, 2.24) is 4.98 Å². The van der Waals surface area contributed by atoms with Gasteiger partial charge in [0.1, 0.15) is 11.5 Å². The van der Waals surface area contributed by atoms with Crippen LogP contribution in [0, 0.1) is 13.8 Å². The van der Waals surface area contributed by atoms with E-state index in [9.17, 15) is 4.79 Å². The van der Waals surface area contributed by atoms with Crippen molar-refractivity contribution in [1.29, 1.82) is 0 Å². The van der Waals surface area contributed by atoms with Crippen molar-refractivity contribution >= 4 is 32.6 Å². The summed E-state index contributed by atoms with van der Waals surface area (Å²) in [6, 6.07) is 19.3. The number of hydrogen-bond donors (Lipinski definition) is 0. The van der Waals surface area contributed by atoms with Crippen LogP contribution in [0.2, 0.25) is 0 Å². The molecule has 5 nitrogen and oxygen atoms in total. The number of hydrogen-bond acceptors (Lipinski definition) is 5. The number of rotatable bonds is 6. The minimum absolute atomic E-state index is 0.186. The highest BCUT2D eigenvalue weighted by Gasteiger charge is 2.25. The Kier molecular flexibility index (Phi) is 5.91. The van der Waals surface area contributed by atoms with Crippen molar-refractivity contribution in [3.8, 4) is 11.5 Å². The number of anilines is 1. The molecule has 1 amide bonds. The zero-order chi connectivity index (χ0) is 22.0. The Morgan fingerprint density at radius 1 is 0.968 bits per heavy atom. The molecular formula is C25H24N2O3S. The average molecular weight is 433 g/mol. The maximum Gasteiger partial charge on any atom is 0.264 e. The molecule has 0 aliphatic carbocycles. The van der Waals surface area contributed by atoms with E-state index in [-0.39, 0.29) is 5.91 Å². The number of benzene rings is 3. The fourth-order valence-electron chi connectivity index (χ4n) is 3.48. The van der Waals surface area contributed by atoms with Gasteiger partial charge in [-0.1, -0.05) is 53.8 Å². The fourth-order valence-corrected chi connectivity index (χ4v) is 4.59. The fraction of sp³-hybridized carbons (Fsp3) is 0.200. The van der Waals surface area contributed by atoms with Crippen LogP contribution in [0.1, 0.15) is 27.0 Å². The zero-order valence-corrected chi connectivity index (χ0v) is 18.8. The lowest BCUT2D eigenvalue weighted by Gasteiger charge is -2.21. The van der Waals surface area contributed by atoms with E-state index in [4.69, 9.17) is 14.5 Å². The Bertz CT molecular complexity index is 1200. The van der Waals surface area contributed by atoms with E-state index >= 15 is 0 Å². The van der Waals surface area contributed by atoms with Crippen LogP contribution in [0.5, 0.6) is 11.5 Å². The van der Waals surface area contributed by atoms with Crippen LogP contribution < -0.4 is 14.4 Å². The monoisotopic (exact) mass is 432 g/mol. The van der Waals surface area contributed by atoms with E-state index < -0.39 is 0 Å². The molecule has 0 radical (unpaired) electrons. The van der Waals surface area contributed by atoms with E-state index in [2.05, 4.69) is 19.1 Å². The smallest absolute Gasteiger partial charge is 0.264 e. The number of carbonyl (C=O) groups is 1. The summed E-state index contributed by atoms with van der Waals surface area (Å²) in [5, 5.41) is 0.658. The molecule has 1 aromatic heterocycles. The van der Waals surface area contributed by atoms with Gasteiger partial charge < -0.3 is 9.47 Å². The number of thiazole rings is 1. The lowest BCUT2D eigenvalue weighted by molar-refractivity contribution is 0.0982. The van der Waals surface area contributed by atoms with Crippen LogP contribution in [0.15, 0.2) is 60.7 Å². The SMILES string of the molecule is COc1ccc(OC)c(C(=O)N(Cc2ccccc2)c2nc3c(C)ccc(C)c3s2)c1. The third-order valence-corrected chi connectivity index (χ3v) is 6.44. The molecule has 0 unspecified atom stereocenters. The summed E-state index contributed by atoms with van der Waals surface area (Å²) < 4.78 is 11.9. The predicted octanol–water partition coefficient (Wildman–Crippen LogP) is 5.78. The molecule has 158 valence electrons. The molecular weight excluding hydrogens is 408 g/mol. The van der Waals surface area contributed by atoms with Crippen LogP contribution >= 0.6 is 11.3 Å². The van der Waals surface area contributed by atoms with Crippen molar-refractivity contribution in [3.63, 3.8) is 0 Å². The Morgan fingerprint density at radius 2 is 1.71 bits per heavy atom. The number of nitrogens with zero attached hydrogens (tertiary/aromatic N) is 2. The minimum atomic E-state index is -0.186. The maximum absolute atomic E-state index is 13.8. The summed E-state index contributed by atoms with van der Waals surface area (Å²) in [7, 11) is 3.14. The number of methoxy groups -OCH3 is 2. The molecule has 0 saturated carbocycles. The number of amides is 1. The molecule has 0 spiro atoms. The van der Waals surface area contributed by atoms with Gasteiger partial charge in [-0.15, -0.1) is 0 Å². The number of carbonyl (C=O) groups excluding carboxylic acids is 1. The Labute approximate surface area is 185 Å². The van der Waals surface area contributed by atoms with E-state index in [1.54, 1.807) is 37.3 Å². The van der Waals surface area contributed by atoms with Gasteiger partial charge in [0.25, 0.3) is 5.91 Å². The molecule has 31 heavy (non-hydrogen) atoms. The van der Waals surface area contributed by atoms with Crippen LogP contribution in [0.3, 0.4) is 0 Å². The quantitative estimate of drug-likeness (QED) is 0.388. The Balaban J connectivity index is 1.85. The van der Waals surface area contributed by atoms with E-state index in [0.717, 1.165) is 26.9 Å². The predicted molar refractivity (Wildman–Crippen MR) is 126 cm³/mol. The van der Waals surface area contributed by atoms with Crippen molar-refractivity contribution in [2.45, 2.75) is 20.4 Å². The molecule has 1 heterocycles. The average Bonchev–Trinajstić information content (AvgIpc) is 3.26. The lowest BCUT2D eigenvalue weighted by Crippen LogP contribution is -2.30.